The minimum absolute atomic E-state index is 0.0976. The van der Waals surface area contributed by atoms with E-state index in [1.165, 1.54) is 0 Å². The molecule has 0 amide bonds. The topological polar surface area (TPSA) is 43.1 Å². The monoisotopic (exact) mass is 936 g/mol. The Morgan fingerprint density at radius 3 is 0.953 bits per heavy atom. The largest absolute Gasteiger partial charge is 0.459 e. The number of nitrogens with zero attached hydrogens (tertiary/aromatic N) is 2. The summed E-state index contributed by atoms with van der Waals surface area (Å²) < 4.78 is 301. The van der Waals surface area contributed by atoms with Crippen LogP contribution in [0.2, 0.25) is 0 Å². The first-order valence-corrected chi connectivity index (χ1v) is 17.2. The molecule has 64 heavy (non-hydrogen) atoms. The third kappa shape index (κ3) is 7.95. The summed E-state index contributed by atoms with van der Waals surface area (Å²) in [5.41, 5.74) is -12.6. The van der Waals surface area contributed by atoms with E-state index in [0.717, 1.165) is 12.1 Å². The number of carbonyl (C=O) groups is 1. The fourth-order valence-corrected chi connectivity index (χ4v) is 6.57. The highest BCUT2D eigenvalue weighted by Crippen LogP contribution is 2.30. The van der Waals surface area contributed by atoms with E-state index >= 15 is 35.1 Å². The van der Waals surface area contributed by atoms with E-state index in [2.05, 4.69) is 4.98 Å². The Morgan fingerprint density at radius 2 is 0.703 bits per heavy atom. The molecule has 0 spiro atoms. The second kappa shape index (κ2) is 18.2. The molecule has 0 radical (unpaired) electrons. The van der Waals surface area contributed by atoms with Crippen molar-refractivity contribution in [2.45, 2.75) is 26.5 Å². The van der Waals surface area contributed by atoms with Crippen molar-refractivity contribution in [3.8, 4) is 0 Å². The maximum absolute atomic E-state index is 15.4. The number of esters is 1. The highest BCUT2D eigenvalue weighted by Gasteiger charge is 2.52. The Hall–Kier alpha value is -6.69. The zero-order chi connectivity index (χ0) is 48.0. The first-order chi connectivity index (χ1) is 29.8. The van der Waals surface area contributed by atoms with Gasteiger partial charge in [-0.3, -0.25) is 4.98 Å². The lowest BCUT2D eigenvalue weighted by molar-refractivity contribution is -0.688. The second-order valence-electron chi connectivity index (χ2n) is 13.4. The minimum Gasteiger partial charge on any atom is -0.459 e. The van der Waals surface area contributed by atoms with Gasteiger partial charge in [0, 0.05) is 5.56 Å². The standard InChI is InChI=1S/C24BF20.C15H17N2O2/c26-5-1(6(27)14(35)21(42)13(5)34)25(2-7(28)15(36)22(43)16(37)8(2)29,3-9(30)17(38)23(44)18(39)10(3)31)4-11(32)19(40)24(45)20(41)12(4)33;1-12(2)19-15(18)14-5-3-13(4-6-14)11-17-9-7-16-8-10-17/h;3-10,12H,11H2,1-2H3/q-1;+1. The summed E-state index contributed by atoms with van der Waals surface area (Å²) in [7, 11) is 0. The lowest BCUT2D eigenvalue weighted by Gasteiger charge is -2.44. The van der Waals surface area contributed by atoms with Crippen LogP contribution < -0.4 is 26.4 Å². The number of rotatable bonds is 8. The van der Waals surface area contributed by atoms with Crippen molar-refractivity contribution in [2.75, 3.05) is 0 Å². The van der Waals surface area contributed by atoms with Crippen molar-refractivity contribution >= 4 is 34.0 Å². The van der Waals surface area contributed by atoms with E-state index in [4.69, 9.17) is 4.74 Å². The predicted molar refractivity (Wildman–Crippen MR) is 180 cm³/mol. The number of carbonyl (C=O) groups excluding carboxylic acids is 1. The lowest BCUT2D eigenvalue weighted by Crippen LogP contribution is -2.81. The maximum atomic E-state index is 15.4. The summed E-state index contributed by atoms with van der Waals surface area (Å²) in [4.78, 5) is 15.7. The normalized spacial score (nSPS) is 11.5. The number of aromatic nitrogens is 2. The van der Waals surface area contributed by atoms with Crippen LogP contribution in [0.5, 0.6) is 0 Å². The molecule has 0 saturated heterocycles. The molecule has 6 rings (SSSR count). The van der Waals surface area contributed by atoms with Gasteiger partial charge in [0.1, 0.15) is 52.7 Å². The average molecular weight is 936 g/mol. The Balaban J connectivity index is 0.000000337. The van der Waals surface area contributed by atoms with Gasteiger partial charge in [0.2, 0.25) is 0 Å². The highest BCUT2D eigenvalue weighted by molar-refractivity contribution is 7.20. The van der Waals surface area contributed by atoms with Gasteiger partial charge in [-0.25, -0.2) is 92.6 Å². The molecule has 0 atom stereocenters. The first kappa shape index (κ1) is 48.3. The number of halogens is 20. The van der Waals surface area contributed by atoms with Crippen molar-refractivity contribution in [3.05, 3.63) is 177 Å². The number of hydrogen-bond acceptors (Lipinski definition) is 3. The minimum atomic E-state index is -7.22. The summed E-state index contributed by atoms with van der Waals surface area (Å²) in [6, 6.07) is 7.46. The van der Waals surface area contributed by atoms with Crippen LogP contribution >= 0.6 is 0 Å². The zero-order valence-electron chi connectivity index (χ0n) is 31.3. The van der Waals surface area contributed by atoms with Gasteiger partial charge in [-0.1, -0.05) is 12.1 Å². The summed E-state index contributed by atoms with van der Waals surface area (Å²) in [6.45, 7) is 4.43. The molecule has 1 heterocycles. The van der Waals surface area contributed by atoms with Crippen molar-refractivity contribution in [1.82, 2.24) is 4.98 Å². The predicted octanol–water partition coefficient (Wildman–Crippen LogP) is 7.83. The third-order valence-corrected chi connectivity index (χ3v) is 9.29. The van der Waals surface area contributed by atoms with Gasteiger partial charge < -0.3 is 4.74 Å². The molecule has 25 heteroatoms. The van der Waals surface area contributed by atoms with Crippen LogP contribution in [0.15, 0.2) is 49.1 Å². The van der Waals surface area contributed by atoms with Crippen molar-refractivity contribution in [1.29, 1.82) is 0 Å². The van der Waals surface area contributed by atoms with E-state index < -0.39 is 144 Å². The van der Waals surface area contributed by atoms with Gasteiger partial charge in [0.25, 0.3) is 0 Å². The Kier molecular flexibility index (Phi) is 13.7. The van der Waals surface area contributed by atoms with Crippen LogP contribution in [0.3, 0.4) is 0 Å². The molecular formula is C39H17BF20N2O2. The number of ether oxygens (including phenoxy) is 1. The highest BCUT2D eigenvalue weighted by atomic mass is 19.2. The Bertz CT molecular complexity index is 2450. The SMILES string of the molecule is CC(C)OC(=O)c1ccc(C[n+]2ccncc2)cc1.Fc1c(F)c(F)c([B-](c2c(F)c(F)c(F)c(F)c2F)(c2c(F)c(F)c(F)c(F)c2F)c2c(F)c(F)c(F)c(F)c2F)c(F)c1F. The van der Waals surface area contributed by atoms with E-state index in [1.807, 2.05) is 42.9 Å². The smallest absolute Gasteiger partial charge is 0.338 e. The van der Waals surface area contributed by atoms with Crippen molar-refractivity contribution in [3.63, 3.8) is 0 Å². The van der Waals surface area contributed by atoms with Gasteiger partial charge >= 0.3 is 5.97 Å². The molecule has 0 unspecified atom stereocenters. The molecular weight excluding hydrogens is 919 g/mol. The fourth-order valence-electron chi connectivity index (χ4n) is 6.57. The number of benzene rings is 5. The molecule has 5 aromatic carbocycles. The van der Waals surface area contributed by atoms with Crippen LogP contribution in [0.25, 0.3) is 0 Å². The van der Waals surface area contributed by atoms with E-state index in [1.54, 1.807) is 24.5 Å². The summed E-state index contributed by atoms with van der Waals surface area (Å²) >= 11 is 0. The molecule has 338 valence electrons. The molecule has 0 aliphatic heterocycles. The number of hydrogen-bond donors (Lipinski definition) is 0. The average Bonchev–Trinajstić information content (AvgIpc) is 3.26. The van der Waals surface area contributed by atoms with Gasteiger partial charge in [-0.2, -0.15) is 4.57 Å². The van der Waals surface area contributed by atoms with Crippen LogP contribution in [-0.2, 0) is 11.3 Å². The summed E-state index contributed by atoms with van der Waals surface area (Å²) in [5.74, 6) is -71.7. The molecule has 0 fully saturated rings. The Labute approximate surface area is 343 Å². The third-order valence-electron chi connectivity index (χ3n) is 9.29. The zero-order valence-corrected chi connectivity index (χ0v) is 31.3. The molecule has 0 bridgehead atoms. The fraction of sp³-hybridized carbons (Fsp3) is 0.103. The molecule has 4 nitrogen and oxygen atoms in total. The van der Waals surface area contributed by atoms with Crippen molar-refractivity contribution < 1.29 is 102 Å². The van der Waals surface area contributed by atoms with Crippen LogP contribution in [0.1, 0.15) is 29.8 Å². The van der Waals surface area contributed by atoms with Crippen LogP contribution in [0.4, 0.5) is 87.8 Å². The van der Waals surface area contributed by atoms with Crippen LogP contribution in [0, 0.1) is 116 Å². The summed E-state index contributed by atoms with van der Waals surface area (Å²) in [5, 5.41) is 0. The molecule has 0 saturated carbocycles. The lowest BCUT2D eigenvalue weighted by atomic mass is 9.12. The molecule has 0 aliphatic carbocycles. The Morgan fingerprint density at radius 1 is 0.453 bits per heavy atom. The molecule has 0 aliphatic rings. The molecule has 6 aromatic rings. The quantitative estimate of drug-likeness (QED) is 0.0391. The van der Waals surface area contributed by atoms with Gasteiger partial charge in [-0.05, 0) is 26.0 Å². The second-order valence-corrected chi connectivity index (χ2v) is 13.4. The van der Waals surface area contributed by atoms with E-state index in [9.17, 15) is 57.5 Å². The van der Waals surface area contributed by atoms with E-state index in [-0.39, 0.29) is 12.1 Å². The summed E-state index contributed by atoms with van der Waals surface area (Å²) in [6.07, 6.45) is -0.0184. The van der Waals surface area contributed by atoms with Crippen molar-refractivity contribution in [2.24, 2.45) is 0 Å². The van der Waals surface area contributed by atoms with Gasteiger partial charge in [0.15, 0.2) is 88.7 Å². The molecule has 1 aromatic heterocycles. The van der Waals surface area contributed by atoms with E-state index in [0.29, 0.717) is 5.56 Å². The van der Waals surface area contributed by atoms with Crippen LogP contribution in [-0.4, -0.2) is 23.2 Å². The first-order valence-electron chi connectivity index (χ1n) is 17.2. The maximum Gasteiger partial charge on any atom is 0.338 e. The molecule has 0 N–H and O–H groups in total. The van der Waals surface area contributed by atoms with Gasteiger partial charge in [0.05, 0.1) is 24.1 Å². The van der Waals surface area contributed by atoms with Gasteiger partial charge in [-0.15, -0.1) is 21.9 Å².